The van der Waals surface area contributed by atoms with Gasteiger partial charge in [0.2, 0.25) is 5.95 Å². The second-order valence-electron chi connectivity index (χ2n) is 7.88. The molecular formula is C23H25FN8. The highest BCUT2D eigenvalue weighted by molar-refractivity contribution is 5.86. The third-order valence-corrected chi connectivity index (χ3v) is 5.68. The summed E-state index contributed by atoms with van der Waals surface area (Å²) < 4.78 is 14.6. The summed E-state index contributed by atoms with van der Waals surface area (Å²) in [6.45, 7) is 7.04. The number of anilines is 2. The highest BCUT2D eigenvalue weighted by Gasteiger charge is 2.13. The van der Waals surface area contributed by atoms with E-state index in [4.69, 9.17) is 0 Å². The lowest BCUT2D eigenvalue weighted by Gasteiger charge is -2.27. The van der Waals surface area contributed by atoms with E-state index in [-0.39, 0.29) is 5.69 Å². The number of hydrogen-bond donors (Lipinski definition) is 3. The minimum Gasteiger partial charge on any atom is -0.314 e. The summed E-state index contributed by atoms with van der Waals surface area (Å²) >= 11 is 0. The van der Waals surface area contributed by atoms with Gasteiger partial charge in [0.25, 0.3) is 0 Å². The van der Waals surface area contributed by atoms with Crippen LogP contribution in [-0.2, 0) is 13.0 Å². The number of hydrogen-bond acceptors (Lipinski definition) is 7. The zero-order valence-electron chi connectivity index (χ0n) is 17.9. The zero-order valence-corrected chi connectivity index (χ0v) is 17.9. The van der Waals surface area contributed by atoms with E-state index in [1.54, 1.807) is 0 Å². The van der Waals surface area contributed by atoms with Crippen molar-refractivity contribution in [2.45, 2.75) is 19.9 Å². The van der Waals surface area contributed by atoms with Gasteiger partial charge in [-0.2, -0.15) is 5.10 Å². The van der Waals surface area contributed by atoms with Crippen molar-refractivity contribution in [1.82, 2.24) is 35.4 Å². The van der Waals surface area contributed by atoms with Gasteiger partial charge in [-0.05, 0) is 30.2 Å². The number of benzene rings is 1. The number of halogens is 1. The molecule has 8 nitrogen and oxygen atoms in total. The number of aromatic nitrogens is 5. The Kier molecular flexibility index (Phi) is 5.74. The van der Waals surface area contributed by atoms with E-state index in [1.807, 2.05) is 36.5 Å². The molecule has 0 unspecified atom stereocenters. The van der Waals surface area contributed by atoms with Gasteiger partial charge in [-0.25, -0.2) is 19.3 Å². The fraction of sp³-hybridized carbons (Fsp3) is 0.304. The number of aryl methyl sites for hydroxylation is 1. The molecule has 32 heavy (non-hydrogen) atoms. The zero-order chi connectivity index (χ0) is 21.9. The van der Waals surface area contributed by atoms with Gasteiger partial charge < -0.3 is 10.6 Å². The number of rotatable bonds is 6. The quantitative estimate of drug-likeness (QED) is 0.430. The van der Waals surface area contributed by atoms with Gasteiger partial charge in [-0.1, -0.05) is 19.1 Å². The summed E-state index contributed by atoms with van der Waals surface area (Å²) in [6, 6.07) is 9.54. The van der Waals surface area contributed by atoms with E-state index in [1.165, 1.54) is 6.20 Å². The van der Waals surface area contributed by atoms with E-state index < -0.39 is 5.82 Å². The van der Waals surface area contributed by atoms with Gasteiger partial charge in [-0.15, -0.1) is 0 Å². The molecule has 1 aliphatic heterocycles. The van der Waals surface area contributed by atoms with E-state index in [0.717, 1.165) is 61.3 Å². The van der Waals surface area contributed by atoms with Crippen LogP contribution < -0.4 is 10.6 Å². The smallest absolute Gasteiger partial charge is 0.229 e. The maximum atomic E-state index is 14.6. The molecule has 3 N–H and O–H groups in total. The third kappa shape index (κ3) is 4.30. The lowest BCUT2D eigenvalue weighted by Crippen LogP contribution is -2.42. The first-order valence-electron chi connectivity index (χ1n) is 10.8. The summed E-state index contributed by atoms with van der Waals surface area (Å²) in [7, 11) is 0. The molecule has 1 aromatic carbocycles. The van der Waals surface area contributed by atoms with Gasteiger partial charge in [0.1, 0.15) is 11.5 Å². The second-order valence-corrected chi connectivity index (χ2v) is 7.88. The number of pyridine rings is 1. The van der Waals surface area contributed by atoms with Crippen molar-refractivity contribution in [2.75, 3.05) is 31.5 Å². The van der Waals surface area contributed by atoms with Crippen molar-refractivity contribution in [1.29, 1.82) is 0 Å². The molecule has 164 valence electrons. The highest BCUT2D eigenvalue weighted by atomic mass is 19.1. The van der Waals surface area contributed by atoms with Crippen molar-refractivity contribution in [2.24, 2.45) is 0 Å². The summed E-state index contributed by atoms with van der Waals surface area (Å²) in [5.74, 6) is 0.438. The minimum absolute atomic E-state index is 0.239. The maximum Gasteiger partial charge on any atom is 0.229 e. The summed E-state index contributed by atoms with van der Waals surface area (Å²) in [5, 5.41) is 14.7. The van der Waals surface area contributed by atoms with Gasteiger partial charge in [0.15, 0.2) is 5.82 Å². The Morgan fingerprint density at radius 1 is 1.09 bits per heavy atom. The van der Waals surface area contributed by atoms with E-state index in [9.17, 15) is 4.39 Å². The summed E-state index contributed by atoms with van der Waals surface area (Å²) in [6.07, 6.45) is 3.85. The Morgan fingerprint density at radius 2 is 1.97 bits per heavy atom. The van der Waals surface area contributed by atoms with Crippen molar-refractivity contribution in [3.05, 3.63) is 59.8 Å². The molecule has 1 fully saturated rings. The minimum atomic E-state index is -0.476. The van der Waals surface area contributed by atoms with Crippen molar-refractivity contribution < 1.29 is 4.39 Å². The Bertz CT molecular complexity index is 1210. The Hall–Kier alpha value is -3.43. The fourth-order valence-corrected chi connectivity index (χ4v) is 3.94. The lowest BCUT2D eigenvalue weighted by atomic mass is 10.1. The molecule has 0 bridgehead atoms. The molecule has 0 spiro atoms. The van der Waals surface area contributed by atoms with Crippen LogP contribution in [0.5, 0.6) is 0 Å². The first-order valence-corrected chi connectivity index (χ1v) is 10.8. The van der Waals surface area contributed by atoms with Crippen molar-refractivity contribution in [3.8, 4) is 11.3 Å². The number of nitrogens with zero attached hydrogens (tertiary/aromatic N) is 5. The molecule has 9 heteroatoms. The van der Waals surface area contributed by atoms with Crippen LogP contribution in [0.25, 0.3) is 22.2 Å². The largest absolute Gasteiger partial charge is 0.314 e. The van der Waals surface area contributed by atoms with Crippen LogP contribution in [0.15, 0.2) is 42.7 Å². The van der Waals surface area contributed by atoms with Crippen LogP contribution in [0.4, 0.5) is 16.2 Å². The van der Waals surface area contributed by atoms with Crippen LogP contribution in [0.1, 0.15) is 18.2 Å². The average Bonchev–Trinajstić information content (AvgIpc) is 3.24. The first kappa shape index (κ1) is 20.5. The molecule has 4 aromatic rings. The van der Waals surface area contributed by atoms with Crippen molar-refractivity contribution in [3.63, 3.8) is 0 Å². The van der Waals surface area contributed by atoms with Crippen LogP contribution in [0.2, 0.25) is 0 Å². The molecule has 0 atom stereocenters. The monoisotopic (exact) mass is 432 g/mol. The van der Waals surface area contributed by atoms with Gasteiger partial charge in [0.05, 0.1) is 11.7 Å². The van der Waals surface area contributed by atoms with Crippen LogP contribution in [-0.4, -0.2) is 56.2 Å². The molecule has 4 heterocycles. The first-order chi connectivity index (χ1) is 15.7. The molecule has 0 amide bonds. The third-order valence-electron chi connectivity index (χ3n) is 5.68. The number of H-pyrrole nitrogens is 1. The second kappa shape index (κ2) is 8.97. The SMILES string of the molecule is CCc1[nH]nc2ccc(-c3nc(Nc4ccc(CN5CCNCC5)cn4)ncc3F)cc12. The average molecular weight is 433 g/mol. The highest BCUT2D eigenvalue weighted by Crippen LogP contribution is 2.27. The predicted molar refractivity (Wildman–Crippen MR) is 122 cm³/mol. The van der Waals surface area contributed by atoms with E-state index in [2.05, 4.69) is 47.6 Å². The number of nitrogens with one attached hydrogen (secondary N) is 3. The molecule has 1 saturated heterocycles. The van der Waals surface area contributed by atoms with E-state index >= 15 is 0 Å². The molecule has 1 aliphatic rings. The van der Waals surface area contributed by atoms with Gasteiger partial charge >= 0.3 is 0 Å². The molecule has 0 aliphatic carbocycles. The molecule has 3 aromatic heterocycles. The molecule has 0 saturated carbocycles. The lowest BCUT2D eigenvalue weighted by molar-refractivity contribution is 0.233. The number of aromatic amines is 1. The van der Waals surface area contributed by atoms with Crippen molar-refractivity contribution >= 4 is 22.7 Å². The van der Waals surface area contributed by atoms with Crippen LogP contribution in [0, 0.1) is 5.82 Å². The van der Waals surface area contributed by atoms with Gasteiger partial charge in [-0.3, -0.25) is 10.00 Å². The van der Waals surface area contributed by atoms with E-state index in [0.29, 0.717) is 17.3 Å². The Balaban J connectivity index is 1.35. The maximum absolute atomic E-state index is 14.6. The molecular weight excluding hydrogens is 407 g/mol. The van der Waals surface area contributed by atoms with Gasteiger partial charge in [0, 0.05) is 55.6 Å². The fourth-order valence-electron chi connectivity index (χ4n) is 3.94. The number of fused-ring (bicyclic) bond motifs is 1. The topological polar surface area (TPSA) is 94.7 Å². The summed E-state index contributed by atoms with van der Waals surface area (Å²) in [5.41, 5.74) is 3.93. The standard InChI is InChI=1S/C23H25FN8/c1-2-19-17-11-16(4-5-20(17)31-30-19)22-18(24)13-27-23(29-22)28-21-6-3-15(12-26-21)14-32-9-7-25-8-10-32/h3-6,11-13,25H,2,7-10,14H2,1H3,(H,30,31)(H,26,27,28,29). The number of piperazine rings is 1. The van der Waals surface area contributed by atoms with Crippen LogP contribution >= 0.6 is 0 Å². The molecule has 5 rings (SSSR count). The summed E-state index contributed by atoms with van der Waals surface area (Å²) in [4.78, 5) is 15.4. The Morgan fingerprint density at radius 3 is 2.75 bits per heavy atom. The Labute approximate surface area is 185 Å². The van der Waals surface area contributed by atoms with Crippen LogP contribution in [0.3, 0.4) is 0 Å². The predicted octanol–water partition coefficient (Wildman–Crippen LogP) is 3.27. The molecule has 0 radical (unpaired) electrons. The normalized spacial score (nSPS) is 14.7.